The Morgan fingerprint density at radius 2 is 2.11 bits per heavy atom. The highest BCUT2D eigenvalue weighted by molar-refractivity contribution is 7.80. The largest absolute Gasteiger partial charge is 0.143 e. The third kappa shape index (κ3) is 3.05. The number of benzene rings is 1. The van der Waals surface area contributed by atoms with Crippen LogP contribution in [-0.2, 0) is 0 Å². The van der Waals surface area contributed by atoms with Crippen LogP contribution in [-0.4, -0.2) is 0 Å². The van der Waals surface area contributed by atoms with Crippen molar-refractivity contribution in [2.45, 2.75) is 25.2 Å². The number of thiol groups is 1. The lowest BCUT2D eigenvalue weighted by molar-refractivity contribution is 1.27. The smallest absolute Gasteiger partial charge is 0.00696 e. The molecule has 18 heavy (non-hydrogen) atoms. The monoisotopic (exact) mass is 254 g/mol. The van der Waals surface area contributed by atoms with Crippen molar-refractivity contribution in [2.24, 2.45) is 0 Å². The van der Waals surface area contributed by atoms with Gasteiger partial charge in [-0.05, 0) is 48.6 Å². The summed E-state index contributed by atoms with van der Waals surface area (Å²) in [5.74, 6) is 0. The zero-order valence-electron chi connectivity index (χ0n) is 10.9. The van der Waals surface area contributed by atoms with Crippen molar-refractivity contribution in [3.05, 3.63) is 71.4 Å². The minimum absolute atomic E-state index is 0.995. The maximum absolute atomic E-state index is 4.41. The van der Waals surface area contributed by atoms with Gasteiger partial charge in [0, 0.05) is 4.90 Å². The van der Waals surface area contributed by atoms with Crippen LogP contribution in [0.3, 0.4) is 0 Å². The van der Waals surface area contributed by atoms with Gasteiger partial charge in [-0.1, -0.05) is 48.6 Å². The molecule has 1 aromatic rings. The highest BCUT2D eigenvalue weighted by Crippen LogP contribution is 2.30. The summed E-state index contributed by atoms with van der Waals surface area (Å²) in [6.45, 7) is 7.98. The van der Waals surface area contributed by atoms with Crippen molar-refractivity contribution >= 4 is 18.2 Å². The van der Waals surface area contributed by atoms with Gasteiger partial charge in [-0.3, -0.25) is 0 Å². The first-order valence-corrected chi connectivity index (χ1v) is 6.54. The summed E-state index contributed by atoms with van der Waals surface area (Å²) < 4.78 is 0. The predicted molar refractivity (Wildman–Crippen MR) is 83.1 cm³/mol. The molecule has 0 spiro atoms. The number of aryl methyl sites for hydroxylation is 1. The normalized spacial score (nSPS) is 14.8. The van der Waals surface area contributed by atoms with Crippen LogP contribution in [0.25, 0.3) is 5.57 Å². The Labute approximate surface area is 115 Å². The molecule has 1 aromatic carbocycles. The van der Waals surface area contributed by atoms with Crippen LogP contribution < -0.4 is 0 Å². The highest BCUT2D eigenvalue weighted by Gasteiger charge is 2.09. The van der Waals surface area contributed by atoms with Crippen LogP contribution in [0.15, 0.2) is 65.1 Å². The minimum Gasteiger partial charge on any atom is -0.143 e. The quantitative estimate of drug-likeness (QED) is 0.561. The van der Waals surface area contributed by atoms with E-state index in [1.165, 1.54) is 22.3 Å². The Bertz CT molecular complexity index is 571. The zero-order valence-corrected chi connectivity index (χ0v) is 11.8. The first-order valence-electron chi connectivity index (χ1n) is 6.09. The second-order valence-corrected chi connectivity index (χ2v) is 5.27. The zero-order chi connectivity index (χ0) is 13.1. The van der Waals surface area contributed by atoms with Crippen LogP contribution in [0.5, 0.6) is 0 Å². The van der Waals surface area contributed by atoms with Gasteiger partial charge in [-0.15, -0.1) is 12.6 Å². The average molecular weight is 254 g/mol. The van der Waals surface area contributed by atoms with Gasteiger partial charge in [-0.2, -0.15) is 0 Å². The molecule has 0 N–H and O–H groups in total. The Morgan fingerprint density at radius 3 is 2.78 bits per heavy atom. The summed E-state index contributed by atoms with van der Waals surface area (Å²) >= 11 is 4.41. The number of allylic oxidation sites excluding steroid dienone is 7. The van der Waals surface area contributed by atoms with E-state index in [-0.39, 0.29) is 0 Å². The van der Waals surface area contributed by atoms with Gasteiger partial charge in [-0.25, -0.2) is 0 Å². The molecule has 92 valence electrons. The van der Waals surface area contributed by atoms with Gasteiger partial charge >= 0.3 is 0 Å². The topological polar surface area (TPSA) is 0 Å². The van der Waals surface area contributed by atoms with E-state index in [4.69, 9.17) is 0 Å². The molecule has 0 radical (unpaired) electrons. The van der Waals surface area contributed by atoms with E-state index < -0.39 is 0 Å². The Morgan fingerprint density at radius 1 is 1.33 bits per heavy atom. The Hall–Kier alpha value is -1.47. The molecule has 0 nitrogen and oxygen atoms in total. The average Bonchev–Trinajstić information content (AvgIpc) is 2.79. The molecule has 0 saturated carbocycles. The summed E-state index contributed by atoms with van der Waals surface area (Å²) in [5.41, 5.74) is 6.30. The molecule has 1 heteroatoms. The molecular weight excluding hydrogens is 236 g/mol. The van der Waals surface area contributed by atoms with Crippen LogP contribution in [0.2, 0.25) is 0 Å². The molecule has 0 aromatic heterocycles. The van der Waals surface area contributed by atoms with Gasteiger partial charge in [0.15, 0.2) is 0 Å². The van der Waals surface area contributed by atoms with Crippen LogP contribution in [0.4, 0.5) is 0 Å². The van der Waals surface area contributed by atoms with Crippen molar-refractivity contribution in [3.8, 4) is 0 Å². The molecular formula is C17H18S. The first kappa shape index (κ1) is 13.0. The fraction of sp³-hybridized carbons (Fsp3) is 0.176. The Balaban J connectivity index is 2.11. The van der Waals surface area contributed by atoms with Crippen molar-refractivity contribution < 1.29 is 0 Å². The second-order valence-electron chi connectivity index (χ2n) is 4.79. The van der Waals surface area contributed by atoms with E-state index in [0.717, 1.165) is 16.9 Å². The fourth-order valence-electron chi connectivity index (χ4n) is 1.96. The molecule has 0 saturated heterocycles. The van der Waals surface area contributed by atoms with Crippen LogP contribution in [0, 0.1) is 6.92 Å². The van der Waals surface area contributed by atoms with Gasteiger partial charge in [0.25, 0.3) is 0 Å². The summed E-state index contributed by atoms with van der Waals surface area (Å²) in [4.78, 5) is 1.05. The summed E-state index contributed by atoms with van der Waals surface area (Å²) in [6, 6.07) is 6.41. The third-order valence-electron chi connectivity index (χ3n) is 3.04. The minimum atomic E-state index is 0.995. The lowest BCUT2D eigenvalue weighted by Crippen LogP contribution is -1.85. The van der Waals surface area contributed by atoms with Gasteiger partial charge in [0.2, 0.25) is 0 Å². The molecule has 0 heterocycles. The lowest BCUT2D eigenvalue weighted by Gasteiger charge is -2.06. The van der Waals surface area contributed by atoms with Gasteiger partial charge in [0.1, 0.15) is 0 Å². The van der Waals surface area contributed by atoms with Crippen molar-refractivity contribution in [3.63, 3.8) is 0 Å². The van der Waals surface area contributed by atoms with Crippen molar-refractivity contribution in [1.29, 1.82) is 0 Å². The molecule has 1 aliphatic carbocycles. The van der Waals surface area contributed by atoms with Gasteiger partial charge < -0.3 is 0 Å². The molecule has 1 aliphatic rings. The lowest BCUT2D eigenvalue weighted by atomic mass is 10.0. The highest BCUT2D eigenvalue weighted by atomic mass is 32.1. The third-order valence-corrected chi connectivity index (χ3v) is 3.54. The maximum atomic E-state index is 4.41. The number of rotatable bonds is 3. The van der Waals surface area contributed by atoms with E-state index in [1.54, 1.807) is 0 Å². The Kier molecular flexibility index (Phi) is 3.93. The summed E-state index contributed by atoms with van der Waals surface area (Å²) in [5, 5.41) is 0. The van der Waals surface area contributed by atoms with Crippen molar-refractivity contribution in [1.82, 2.24) is 0 Å². The van der Waals surface area contributed by atoms with E-state index in [9.17, 15) is 0 Å². The van der Waals surface area contributed by atoms with E-state index in [0.29, 0.717) is 0 Å². The molecule has 0 amide bonds. The van der Waals surface area contributed by atoms with E-state index >= 15 is 0 Å². The summed E-state index contributed by atoms with van der Waals surface area (Å²) in [7, 11) is 0. The second kappa shape index (κ2) is 5.45. The molecule has 0 fully saturated rings. The molecule has 0 bridgehead atoms. The maximum Gasteiger partial charge on any atom is 0.00696 e. The van der Waals surface area contributed by atoms with Crippen LogP contribution in [0.1, 0.15) is 24.5 Å². The van der Waals surface area contributed by atoms with Crippen molar-refractivity contribution in [2.75, 3.05) is 0 Å². The fourth-order valence-corrected chi connectivity index (χ4v) is 2.10. The van der Waals surface area contributed by atoms with E-state index in [2.05, 4.69) is 68.6 Å². The molecule has 0 unspecified atom stereocenters. The number of hydrogen-bond acceptors (Lipinski definition) is 1. The predicted octanol–water partition coefficient (Wildman–Crippen LogP) is 5.13. The summed E-state index contributed by atoms with van der Waals surface area (Å²) in [6.07, 6.45) is 9.58. The van der Waals surface area contributed by atoms with Gasteiger partial charge in [0.05, 0.1) is 0 Å². The first-order chi connectivity index (χ1) is 8.56. The molecule has 2 rings (SSSR count). The molecule has 0 atom stereocenters. The standard InChI is InChI=1S/C17H18S/c1-12(2)4-5-14-6-7-16(11-14)15-8-9-17(18)13(3)10-15/h4-10,18H,1,11H2,2-3H3/b5-4+. The molecule has 0 aliphatic heterocycles. The van der Waals surface area contributed by atoms with E-state index in [1.807, 2.05) is 6.92 Å². The van der Waals surface area contributed by atoms with Crippen LogP contribution >= 0.6 is 12.6 Å². The number of hydrogen-bond donors (Lipinski definition) is 1. The SMILES string of the molecule is C=C(C)/C=C/C1=CC=C(c2ccc(S)c(C)c2)C1.